The number of halogens is 1. The Labute approximate surface area is 150 Å². The highest BCUT2D eigenvalue weighted by Gasteiger charge is 2.15. The van der Waals surface area contributed by atoms with Crippen molar-refractivity contribution < 1.29 is 0 Å². The zero-order valence-corrected chi connectivity index (χ0v) is 15.0. The second-order valence-corrected chi connectivity index (χ2v) is 7.29. The van der Waals surface area contributed by atoms with Crippen molar-refractivity contribution in [2.75, 3.05) is 11.6 Å². The average Bonchev–Trinajstić information content (AvgIpc) is 2.92. The first-order valence-electron chi connectivity index (χ1n) is 7.37. The standard InChI is InChI=1S/C17H13BrN4OS/c18-13-3-5-14(6-4-13)21-10-20-17-22(11-21)16(23)15(24-17)8-12-2-1-7-19-9-12/h1-9H,10-11H2/b15-8-. The normalized spacial score (nSPS) is 14.4. The summed E-state index contributed by atoms with van der Waals surface area (Å²) in [6.07, 6.45) is 5.33. The first kappa shape index (κ1) is 15.3. The third-order valence-corrected chi connectivity index (χ3v) is 5.32. The summed E-state index contributed by atoms with van der Waals surface area (Å²) in [7, 11) is 0. The number of pyridine rings is 1. The van der Waals surface area contributed by atoms with Crippen molar-refractivity contribution in [3.05, 3.63) is 78.5 Å². The van der Waals surface area contributed by atoms with Gasteiger partial charge in [-0.15, -0.1) is 0 Å². The van der Waals surface area contributed by atoms with Crippen LogP contribution in [0.5, 0.6) is 0 Å². The molecule has 0 atom stereocenters. The molecule has 0 unspecified atom stereocenters. The van der Waals surface area contributed by atoms with Crippen LogP contribution < -0.4 is 19.8 Å². The molecule has 1 aromatic carbocycles. The molecule has 0 aliphatic carbocycles. The van der Waals surface area contributed by atoms with Gasteiger partial charge < -0.3 is 4.90 Å². The van der Waals surface area contributed by atoms with Gasteiger partial charge in [-0.1, -0.05) is 33.3 Å². The van der Waals surface area contributed by atoms with Crippen LogP contribution in [0.15, 0.2) is 63.1 Å². The second kappa shape index (κ2) is 6.33. The molecule has 2 aromatic heterocycles. The number of anilines is 1. The number of aromatic nitrogens is 2. The quantitative estimate of drug-likeness (QED) is 0.660. The maximum absolute atomic E-state index is 12.7. The van der Waals surface area contributed by atoms with Gasteiger partial charge in [0.1, 0.15) is 13.3 Å². The van der Waals surface area contributed by atoms with Gasteiger partial charge in [0.15, 0.2) is 4.80 Å². The van der Waals surface area contributed by atoms with Crippen LogP contribution in [0.25, 0.3) is 6.08 Å². The van der Waals surface area contributed by atoms with E-state index >= 15 is 0 Å². The number of hydrogen-bond donors (Lipinski definition) is 0. The van der Waals surface area contributed by atoms with Crippen LogP contribution in [0.4, 0.5) is 5.69 Å². The fourth-order valence-corrected chi connectivity index (χ4v) is 3.77. The summed E-state index contributed by atoms with van der Waals surface area (Å²) >= 11 is 4.86. The summed E-state index contributed by atoms with van der Waals surface area (Å²) in [4.78, 5) is 24.2. The van der Waals surface area contributed by atoms with E-state index in [0.717, 1.165) is 20.5 Å². The van der Waals surface area contributed by atoms with Crippen molar-refractivity contribution in [1.29, 1.82) is 0 Å². The molecule has 120 valence electrons. The maximum atomic E-state index is 12.7. The van der Waals surface area contributed by atoms with Gasteiger partial charge in [-0.3, -0.25) is 14.3 Å². The Balaban J connectivity index is 1.71. The lowest BCUT2D eigenvalue weighted by molar-refractivity contribution is 0.569. The summed E-state index contributed by atoms with van der Waals surface area (Å²) in [6.45, 7) is 1.06. The highest BCUT2D eigenvalue weighted by molar-refractivity contribution is 9.10. The molecule has 4 rings (SSSR count). The second-order valence-electron chi connectivity index (χ2n) is 5.37. The van der Waals surface area contributed by atoms with E-state index in [1.54, 1.807) is 17.0 Å². The van der Waals surface area contributed by atoms with Crippen LogP contribution in [0.1, 0.15) is 5.56 Å². The smallest absolute Gasteiger partial charge is 0.271 e. The largest absolute Gasteiger partial charge is 0.334 e. The van der Waals surface area contributed by atoms with Gasteiger partial charge in [-0.05, 0) is 42.0 Å². The van der Waals surface area contributed by atoms with Gasteiger partial charge in [-0.25, -0.2) is 4.99 Å². The number of thiazole rings is 1. The van der Waals surface area contributed by atoms with Crippen LogP contribution in [0.3, 0.4) is 0 Å². The highest BCUT2D eigenvalue weighted by Crippen LogP contribution is 2.19. The molecule has 3 heterocycles. The number of nitrogens with zero attached hydrogens (tertiary/aromatic N) is 4. The molecule has 5 nitrogen and oxygen atoms in total. The van der Waals surface area contributed by atoms with E-state index in [2.05, 4.69) is 30.8 Å². The third kappa shape index (κ3) is 2.92. The van der Waals surface area contributed by atoms with Crippen molar-refractivity contribution in [1.82, 2.24) is 9.55 Å². The first-order valence-corrected chi connectivity index (χ1v) is 8.98. The predicted octanol–water partition coefficient (Wildman–Crippen LogP) is 1.95. The van der Waals surface area contributed by atoms with Crippen LogP contribution in [0, 0.1) is 0 Å². The molecule has 0 spiro atoms. The van der Waals surface area contributed by atoms with Gasteiger partial charge in [0, 0.05) is 22.6 Å². The summed E-state index contributed by atoms with van der Waals surface area (Å²) < 4.78 is 3.43. The Morgan fingerprint density at radius 3 is 2.79 bits per heavy atom. The van der Waals surface area contributed by atoms with Gasteiger partial charge in [0.2, 0.25) is 0 Å². The highest BCUT2D eigenvalue weighted by atomic mass is 79.9. The molecule has 0 saturated heterocycles. The fourth-order valence-electron chi connectivity index (χ4n) is 2.54. The molecule has 0 fully saturated rings. The van der Waals surface area contributed by atoms with E-state index in [9.17, 15) is 4.79 Å². The molecular weight excluding hydrogens is 388 g/mol. The molecule has 1 aliphatic rings. The van der Waals surface area contributed by atoms with Crippen molar-refractivity contribution in [2.45, 2.75) is 6.67 Å². The molecule has 24 heavy (non-hydrogen) atoms. The van der Waals surface area contributed by atoms with Crippen LogP contribution in [-0.2, 0) is 6.67 Å². The van der Waals surface area contributed by atoms with E-state index in [0.29, 0.717) is 17.9 Å². The van der Waals surface area contributed by atoms with E-state index in [1.165, 1.54) is 11.3 Å². The van der Waals surface area contributed by atoms with Crippen LogP contribution in [0.2, 0.25) is 0 Å². The summed E-state index contributed by atoms with van der Waals surface area (Å²) in [5.74, 6) is 0. The van der Waals surface area contributed by atoms with Gasteiger partial charge in [0.25, 0.3) is 5.56 Å². The van der Waals surface area contributed by atoms with Crippen LogP contribution >= 0.6 is 27.3 Å². The van der Waals surface area contributed by atoms with Gasteiger partial charge >= 0.3 is 0 Å². The Morgan fingerprint density at radius 1 is 1.21 bits per heavy atom. The number of hydrogen-bond acceptors (Lipinski definition) is 5. The van der Waals surface area contributed by atoms with E-state index in [-0.39, 0.29) is 5.56 Å². The SMILES string of the molecule is O=c1/c(=C/c2cccnc2)sc2n1CN(c1ccc(Br)cc1)CN=2. The Morgan fingerprint density at radius 2 is 2.04 bits per heavy atom. The monoisotopic (exact) mass is 400 g/mol. The molecule has 3 aromatic rings. The van der Waals surface area contributed by atoms with Gasteiger partial charge in [0.05, 0.1) is 4.53 Å². The minimum atomic E-state index is -0.00980. The number of rotatable bonds is 2. The Bertz CT molecular complexity index is 1040. The molecule has 0 radical (unpaired) electrons. The minimum absolute atomic E-state index is 0.00980. The Kier molecular flexibility index (Phi) is 4.03. The number of benzene rings is 1. The van der Waals surface area contributed by atoms with Crippen molar-refractivity contribution >= 4 is 39.0 Å². The van der Waals surface area contributed by atoms with E-state index < -0.39 is 0 Å². The van der Waals surface area contributed by atoms with E-state index in [1.807, 2.05) is 42.5 Å². The molecule has 7 heteroatoms. The molecule has 0 N–H and O–H groups in total. The van der Waals surface area contributed by atoms with E-state index in [4.69, 9.17) is 0 Å². The molecule has 1 aliphatic heterocycles. The van der Waals surface area contributed by atoms with Crippen molar-refractivity contribution in [2.24, 2.45) is 4.99 Å². The van der Waals surface area contributed by atoms with Crippen molar-refractivity contribution in [3.63, 3.8) is 0 Å². The first-order chi connectivity index (χ1) is 11.7. The molecule has 0 amide bonds. The lowest BCUT2D eigenvalue weighted by Crippen LogP contribution is -2.42. The third-order valence-electron chi connectivity index (χ3n) is 3.75. The molecular formula is C17H13BrN4OS. The zero-order chi connectivity index (χ0) is 16.5. The summed E-state index contributed by atoms with van der Waals surface area (Å²) in [6, 6.07) is 11.8. The zero-order valence-electron chi connectivity index (χ0n) is 12.6. The van der Waals surface area contributed by atoms with Gasteiger partial charge in [-0.2, -0.15) is 0 Å². The number of fused-ring (bicyclic) bond motifs is 1. The Hall–Kier alpha value is -2.25. The maximum Gasteiger partial charge on any atom is 0.271 e. The minimum Gasteiger partial charge on any atom is -0.334 e. The fraction of sp³-hybridized carbons (Fsp3) is 0.118. The molecule has 0 saturated carbocycles. The lowest BCUT2D eigenvalue weighted by Gasteiger charge is -2.25. The molecule has 0 bridgehead atoms. The average molecular weight is 401 g/mol. The lowest BCUT2D eigenvalue weighted by atomic mass is 10.3. The topological polar surface area (TPSA) is 50.5 Å². The predicted molar refractivity (Wildman–Crippen MR) is 98.7 cm³/mol. The summed E-state index contributed by atoms with van der Waals surface area (Å²) in [5, 5.41) is 0. The summed E-state index contributed by atoms with van der Waals surface area (Å²) in [5.41, 5.74) is 1.95. The van der Waals surface area contributed by atoms with Crippen molar-refractivity contribution in [3.8, 4) is 0 Å². The van der Waals surface area contributed by atoms with Crippen LogP contribution in [-0.4, -0.2) is 16.2 Å².